The van der Waals surface area contributed by atoms with E-state index in [2.05, 4.69) is 0 Å². The predicted molar refractivity (Wildman–Crippen MR) is 114 cm³/mol. The van der Waals surface area contributed by atoms with E-state index in [4.69, 9.17) is 9.47 Å². The Morgan fingerprint density at radius 2 is 1.67 bits per heavy atom. The summed E-state index contributed by atoms with van der Waals surface area (Å²) in [5, 5.41) is 10.8. The van der Waals surface area contributed by atoms with Crippen LogP contribution in [-0.4, -0.2) is 29.7 Å². The first kappa shape index (κ1) is 25.8. The molecule has 2 aromatic rings. The molecule has 0 aliphatic carbocycles. The number of nitrogens with zero attached hydrogens (tertiary/aromatic N) is 1. The summed E-state index contributed by atoms with van der Waals surface area (Å²) in [6.07, 6.45) is -2.96. The average molecular weight is 464 g/mol. The molecular formula is C24H25F3NO5-. The first-order valence-electron chi connectivity index (χ1n) is 9.98. The standard InChI is InChI=1S/C24H26F3NO5/c1-23(2,3)33-22(31)28(14-16-5-9-19(10-6-16)24(25,26)27)15-18-13-20(32-4)11-7-17(18)8-12-21(29)30/h5-13H,14-15H2,1-4H3,(H,29,30)/p-1. The fraction of sp³-hybridized carbons (Fsp3) is 0.333. The third-order valence-electron chi connectivity index (χ3n) is 4.42. The molecule has 0 aliphatic rings. The Labute approximate surface area is 190 Å². The molecule has 0 radical (unpaired) electrons. The van der Waals surface area contributed by atoms with E-state index in [0.29, 0.717) is 22.4 Å². The smallest absolute Gasteiger partial charge is 0.416 e. The zero-order chi connectivity index (χ0) is 24.8. The predicted octanol–water partition coefficient (Wildman–Crippen LogP) is 4.41. The van der Waals surface area contributed by atoms with Crippen LogP contribution in [0, 0.1) is 0 Å². The number of methoxy groups -OCH3 is 1. The van der Waals surface area contributed by atoms with Gasteiger partial charge in [-0.2, -0.15) is 13.2 Å². The number of ether oxygens (including phenoxy) is 2. The molecule has 9 heteroatoms. The first-order valence-corrected chi connectivity index (χ1v) is 9.98. The topological polar surface area (TPSA) is 78.9 Å². The molecule has 0 bridgehead atoms. The van der Waals surface area contributed by atoms with E-state index in [0.717, 1.165) is 18.2 Å². The minimum atomic E-state index is -4.47. The number of carboxylic acid groups (broad SMARTS) is 1. The molecule has 6 nitrogen and oxygen atoms in total. The number of carbonyl (C=O) groups is 2. The maximum Gasteiger partial charge on any atom is 0.416 e. The highest BCUT2D eigenvalue weighted by molar-refractivity contribution is 5.84. The van der Waals surface area contributed by atoms with Crippen LogP contribution in [0.1, 0.15) is 43.0 Å². The van der Waals surface area contributed by atoms with Crippen LogP contribution in [0.5, 0.6) is 5.75 Å². The van der Waals surface area contributed by atoms with Crippen LogP contribution in [0.4, 0.5) is 18.0 Å². The van der Waals surface area contributed by atoms with Gasteiger partial charge in [0.1, 0.15) is 11.4 Å². The molecule has 33 heavy (non-hydrogen) atoms. The van der Waals surface area contributed by atoms with Gasteiger partial charge in [-0.25, -0.2) is 4.79 Å². The molecule has 2 aromatic carbocycles. The van der Waals surface area contributed by atoms with Gasteiger partial charge in [0.05, 0.1) is 25.2 Å². The second kappa shape index (κ2) is 10.4. The van der Waals surface area contributed by atoms with Gasteiger partial charge in [-0.3, -0.25) is 4.90 Å². The zero-order valence-electron chi connectivity index (χ0n) is 18.7. The van der Waals surface area contributed by atoms with Crippen LogP contribution in [-0.2, 0) is 28.8 Å². The molecule has 0 atom stereocenters. The molecule has 178 valence electrons. The van der Waals surface area contributed by atoms with Crippen molar-refractivity contribution in [2.45, 2.75) is 45.6 Å². The van der Waals surface area contributed by atoms with Crippen molar-refractivity contribution in [3.63, 3.8) is 0 Å². The Morgan fingerprint density at radius 1 is 1.03 bits per heavy atom. The van der Waals surface area contributed by atoms with Gasteiger partial charge in [-0.1, -0.05) is 24.3 Å². The van der Waals surface area contributed by atoms with Gasteiger partial charge in [-0.15, -0.1) is 0 Å². The van der Waals surface area contributed by atoms with Gasteiger partial charge < -0.3 is 19.4 Å². The van der Waals surface area contributed by atoms with Crippen molar-refractivity contribution in [2.24, 2.45) is 0 Å². The van der Waals surface area contributed by atoms with Crippen molar-refractivity contribution in [1.29, 1.82) is 0 Å². The van der Waals surface area contributed by atoms with E-state index in [9.17, 15) is 27.9 Å². The maximum atomic E-state index is 12.9. The normalized spacial score (nSPS) is 12.0. The van der Waals surface area contributed by atoms with Gasteiger partial charge in [0.2, 0.25) is 0 Å². The lowest BCUT2D eigenvalue weighted by Crippen LogP contribution is -2.36. The lowest BCUT2D eigenvalue weighted by atomic mass is 10.0. The second-order valence-electron chi connectivity index (χ2n) is 8.25. The number of aliphatic carboxylic acids is 1. The van der Waals surface area contributed by atoms with Crippen LogP contribution in [0.25, 0.3) is 6.08 Å². The van der Waals surface area contributed by atoms with Crippen molar-refractivity contribution >= 4 is 18.1 Å². The van der Waals surface area contributed by atoms with Gasteiger partial charge in [0.25, 0.3) is 0 Å². The second-order valence-corrected chi connectivity index (χ2v) is 8.25. The number of halogens is 3. The number of benzene rings is 2. The number of carbonyl (C=O) groups excluding carboxylic acids is 2. The van der Waals surface area contributed by atoms with E-state index in [1.165, 1.54) is 30.2 Å². The molecule has 1 amide bonds. The van der Waals surface area contributed by atoms with Gasteiger partial charge in [0, 0.05) is 6.54 Å². The summed E-state index contributed by atoms with van der Waals surface area (Å²) in [6.45, 7) is 5.04. The highest BCUT2D eigenvalue weighted by Gasteiger charge is 2.30. The third-order valence-corrected chi connectivity index (χ3v) is 4.42. The highest BCUT2D eigenvalue weighted by Crippen LogP contribution is 2.29. The van der Waals surface area contributed by atoms with Gasteiger partial charge >= 0.3 is 12.3 Å². The number of hydrogen-bond acceptors (Lipinski definition) is 5. The SMILES string of the molecule is COc1ccc(C=CC(=O)[O-])c(CN(Cc2ccc(C(F)(F)F)cc2)C(=O)OC(C)(C)C)c1. The Kier molecular flexibility index (Phi) is 8.13. The lowest BCUT2D eigenvalue weighted by Gasteiger charge is -2.28. The summed E-state index contributed by atoms with van der Waals surface area (Å²) in [5.74, 6) is -0.903. The molecular weight excluding hydrogens is 439 g/mol. The molecule has 0 aromatic heterocycles. The Morgan fingerprint density at radius 3 is 2.18 bits per heavy atom. The monoisotopic (exact) mass is 464 g/mol. The molecule has 0 unspecified atom stereocenters. The minimum absolute atomic E-state index is 0.0140. The van der Waals surface area contributed by atoms with E-state index < -0.39 is 29.4 Å². The van der Waals surface area contributed by atoms with Crippen molar-refractivity contribution in [3.8, 4) is 5.75 Å². The number of rotatable bonds is 7. The van der Waals surface area contributed by atoms with Crippen LogP contribution < -0.4 is 9.84 Å². The zero-order valence-corrected chi connectivity index (χ0v) is 18.7. The first-order chi connectivity index (χ1) is 15.3. The summed E-state index contributed by atoms with van der Waals surface area (Å²) in [5.41, 5.74) is -0.0894. The van der Waals surface area contributed by atoms with E-state index in [1.807, 2.05) is 0 Å². The van der Waals surface area contributed by atoms with Crippen molar-refractivity contribution in [2.75, 3.05) is 7.11 Å². The molecule has 0 fully saturated rings. The van der Waals surface area contributed by atoms with Crippen LogP contribution in [0.3, 0.4) is 0 Å². The van der Waals surface area contributed by atoms with Crippen molar-refractivity contribution < 1.29 is 37.3 Å². The minimum Gasteiger partial charge on any atom is -0.545 e. The number of alkyl halides is 3. The average Bonchev–Trinajstić information content (AvgIpc) is 2.70. The van der Waals surface area contributed by atoms with E-state index in [1.54, 1.807) is 39.0 Å². The summed E-state index contributed by atoms with van der Waals surface area (Å²) < 4.78 is 49.3. The maximum absolute atomic E-state index is 12.9. The summed E-state index contributed by atoms with van der Waals surface area (Å²) in [4.78, 5) is 25.1. The van der Waals surface area contributed by atoms with Crippen LogP contribution >= 0.6 is 0 Å². The lowest BCUT2D eigenvalue weighted by molar-refractivity contribution is -0.297. The van der Waals surface area contributed by atoms with Gasteiger partial charge in [0.15, 0.2) is 0 Å². The summed E-state index contributed by atoms with van der Waals surface area (Å²) in [6, 6.07) is 9.37. The van der Waals surface area contributed by atoms with Gasteiger partial charge in [-0.05, 0) is 67.8 Å². The Balaban J connectivity index is 2.40. The number of carboxylic acids is 1. The fourth-order valence-electron chi connectivity index (χ4n) is 2.90. The Hall–Kier alpha value is -3.49. The molecule has 0 N–H and O–H groups in total. The fourth-order valence-corrected chi connectivity index (χ4v) is 2.90. The molecule has 0 spiro atoms. The molecule has 0 saturated carbocycles. The third kappa shape index (κ3) is 8.17. The molecule has 2 rings (SSSR count). The van der Waals surface area contributed by atoms with Crippen molar-refractivity contribution in [1.82, 2.24) is 4.90 Å². The highest BCUT2D eigenvalue weighted by atomic mass is 19.4. The van der Waals surface area contributed by atoms with Crippen molar-refractivity contribution in [3.05, 3.63) is 70.8 Å². The van der Waals surface area contributed by atoms with Crippen LogP contribution in [0.15, 0.2) is 48.5 Å². The molecule has 0 heterocycles. The largest absolute Gasteiger partial charge is 0.545 e. The number of amides is 1. The van der Waals surface area contributed by atoms with E-state index in [-0.39, 0.29) is 13.1 Å². The summed E-state index contributed by atoms with van der Waals surface area (Å²) in [7, 11) is 1.46. The Bertz CT molecular complexity index is 1010. The quantitative estimate of drug-likeness (QED) is 0.567. The van der Waals surface area contributed by atoms with E-state index >= 15 is 0 Å². The molecule has 0 saturated heterocycles. The van der Waals surface area contributed by atoms with Crippen LogP contribution in [0.2, 0.25) is 0 Å². The number of hydrogen-bond donors (Lipinski definition) is 0. The molecule has 0 aliphatic heterocycles. The summed E-state index contributed by atoms with van der Waals surface area (Å²) >= 11 is 0.